The SMILES string of the molecule is Cc1cc(C(=O)N2CCC(N)C(C)(C)C2)c(Cl)cc1F. The number of rotatable bonds is 1. The van der Waals surface area contributed by atoms with Gasteiger partial charge >= 0.3 is 0 Å². The molecule has 1 aliphatic rings. The van der Waals surface area contributed by atoms with E-state index in [0.29, 0.717) is 24.2 Å². The van der Waals surface area contributed by atoms with Crippen molar-refractivity contribution in [1.29, 1.82) is 0 Å². The van der Waals surface area contributed by atoms with E-state index in [-0.39, 0.29) is 22.4 Å². The van der Waals surface area contributed by atoms with E-state index in [4.69, 9.17) is 17.3 Å². The fraction of sp³-hybridized carbons (Fsp3) is 0.533. The van der Waals surface area contributed by atoms with Crippen LogP contribution in [0.25, 0.3) is 0 Å². The molecule has 0 saturated carbocycles. The number of carbonyl (C=O) groups excluding carboxylic acids is 1. The summed E-state index contributed by atoms with van der Waals surface area (Å²) >= 11 is 6.00. The van der Waals surface area contributed by atoms with Crippen molar-refractivity contribution < 1.29 is 9.18 Å². The van der Waals surface area contributed by atoms with Crippen molar-refractivity contribution in [3.05, 3.63) is 34.1 Å². The van der Waals surface area contributed by atoms with Crippen molar-refractivity contribution in [2.24, 2.45) is 11.1 Å². The van der Waals surface area contributed by atoms with Crippen LogP contribution in [0.4, 0.5) is 4.39 Å². The van der Waals surface area contributed by atoms with Crippen LogP contribution in [0.1, 0.15) is 36.2 Å². The molecule has 3 nitrogen and oxygen atoms in total. The minimum atomic E-state index is -0.396. The van der Waals surface area contributed by atoms with E-state index in [2.05, 4.69) is 13.8 Å². The van der Waals surface area contributed by atoms with Crippen LogP contribution in [0, 0.1) is 18.2 Å². The number of benzene rings is 1. The molecule has 1 atom stereocenters. The monoisotopic (exact) mass is 298 g/mol. The van der Waals surface area contributed by atoms with E-state index >= 15 is 0 Å². The van der Waals surface area contributed by atoms with E-state index in [0.717, 1.165) is 6.42 Å². The largest absolute Gasteiger partial charge is 0.338 e. The lowest BCUT2D eigenvalue weighted by atomic mass is 9.79. The van der Waals surface area contributed by atoms with Crippen molar-refractivity contribution >= 4 is 17.5 Å². The zero-order valence-electron chi connectivity index (χ0n) is 12.0. The molecular formula is C15H20ClFN2O. The van der Waals surface area contributed by atoms with Gasteiger partial charge in [0.1, 0.15) is 5.82 Å². The lowest BCUT2D eigenvalue weighted by Gasteiger charge is -2.42. The van der Waals surface area contributed by atoms with Crippen LogP contribution in [-0.4, -0.2) is 29.9 Å². The molecule has 1 aromatic rings. The molecule has 110 valence electrons. The molecule has 1 fully saturated rings. The molecule has 20 heavy (non-hydrogen) atoms. The molecule has 1 saturated heterocycles. The first kappa shape index (κ1) is 15.3. The Kier molecular flexibility index (Phi) is 4.07. The highest BCUT2D eigenvalue weighted by atomic mass is 35.5. The lowest BCUT2D eigenvalue weighted by molar-refractivity contribution is 0.0533. The van der Waals surface area contributed by atoms with Crippen LogP contribution in [0.15, 0.2) is 12.1 Å². The first-order chi connectivity index (χ1) is 9.22. The molecule has 0 bridgehead atoms. The lowest BCUT2D eigenvalue weighted by Crippen LogP contribution is -2.54. The molecule has 2 N–H and O–H groups in total. The van der Waals surface area contributed by atoms with E-state index in [1.807, 2.05) is 0 Å². The van der Waals surface area contributed by atoms with Gasteiger partial charge in [-0.1, -0.05) is 25.4 Å². The number of aryl methyl sites for hydroxylation is 1. The number of hydrogen-bond acceptors (Lipinski definition) is 2. The zero-order chi connectivity index (χ0) is 15.1. The number of halogens is 2. The maximum atomic E-state index is 13.4. The summed E-state index contributed by atoms with van der Waals surface area (Å²) in [4.78, 5) is 14.3. The molecule has 0 aromatic heterocycles. The summed E-state index contributed by atoms with van der Waals surface area (Å²) < 4.78 is 13.4. The second-order valence-electron chi connectivity index (χ2n) is 6.19. The second kappa shape index (κ2) is 5.34. The fourth-order valence-electron chi connectivity index (χ4n) is 2.54. The van der Waals surface area contributed by atoms with E-state index in [9.17, 15) is 9.18 Å². The topological polar surface area (TPSA) is 46.3 Å². The van der Waals surface area contributed by atoms with Gasteiger partial charge in [-0.3, -0.25) is 4.79 Å². The van der Waals surface area contributed by atoms with Gasteiger partial charge in [-0.2, -0.15) is 0 Å². The fourth-order valence-corrected chi connectivity index (χ4v) is 2.77. The normalized spacial score (nSPS) is 21.9. The zero-order valence-corrected chi connectivity index (χ0v) is 12.8. The molecule has 1 heterocycles. The maximum Gasteiger partial charge on any atom is 0.255 e. The van der Waals surface area contributed by atoms with Crippen LogP contribution in [0.5, 0.6) is 0 Å². The number of nitrogens with two attached hydrogens (primary N) is 1. The molecule has 0 radical (unpaired) electrons. The molecule has 0 aliphatic carbocycles. The third-order valence-electron chi connectivity index (χ3n) is 4.08. The summed E-state index contributed by atoms with van der Waals surface area (Å²) in [7, 11) is 0. The summed E-state index contributed by atoms with van der Waals surface area (Å²) in [5.41, 5.74) is 6.72. The predicted octanol–water partition coefficient (Wildman–Crippen LogP) is 2.99. The first-order valence-electron chi connectivity index (χ1n) is 6.73. The van der Waals surface area contributed by atoms with Gasteiger partial charge in [-0.15, -0.1) is 0 Å². The van der Waals surface area contributed by atoms with E-state index < -0.39 is 5.82 Å². The van der Waals surface area contributed by atoms with Crippen molar-refractivity contribution in [3.63, 3.8) is 0 Å². The van der Waals surface area contributed by atoms with Gasteiger partial charge in [0.25, 0.3) is 5.91 Å². The highest BCUT2D eigenvalue weighted by Crippen LogP contribution is 2.30. The van der Waals surface area contributed by atoms with Gasteiger partial charge in [0, 0.05) is 19.1 Å². The Morgan fingerprint density at radius 3 is 2.75 bits per heavy atom. The second-order valence-corrected chi connectivity index (χ2v) is 6.60. The van der Waals surface area contributed by atoms with Gasteiger partial charge in [0.15, 0.2) is 0 Å². The molecule has 2 rings (SSSR count). The summed E-state index contributed by atoms with van der Waals surface area (Å²) in [5.74, 6) is -0.550. The van der Waals surface area contributed by atoms with E-state index in [1.165, 1.54) is 12.1 Å². The Bertz CT molecular complexity index is 545. The van der Waals surface area contributed by atoms with Crippen molar-refractivity contribution in [2.45, 2.75) is 33.2 Å². The molecule has 1 aliphatic heterocycles. The molecule has 1 amide bonds. The Balaban J connectivity index is 2.26. The van der Waals surface area contributed by atoms with Gasteiger partial charge in [-0.05, 0) is 36.5 Å². The number of piperidine rings is 1. The van der Waals surface area contributed by atoms with Crippen LogP contribution < -0.4 is 5.73 Å². The Morgan fingerprint density at radius 1 is 1.50 bits per heavy atom. The summed E-state index contributed by atoms with van der Waals surface area (Å²) in [6.07, 6.45) is 0.760. The summed E-state index contributed by atoms with van der Waals surface area (Å²) in [6, 6.07) is 2.80. The molecule has 1 unspecified atom stereocenters. The number of carbonyl (C=O) groups is 1. The molecule has 0 spiro atoms. The van der Waals surface area contributed by atoms with Crippen LogP contribution in [0.3, 0.4) is 0 Å². The van der Waals surface area contributed by atoms with Crippen LogP contribution in [-0.2, 0) is 0 Å². The molecule has 1 aromatic carbocycles. The van der Waals surface area contributed by atoms with E-state index in [1.54, 1.807) is 11.8 Å². The standard InChI is InChI=1S/C15H20ClFN2O/c1-9-6-10(11(16)7-12(9)17)14(20)19-5-4-13(18)15(2,3)8-19/h6-7,13H,4-5,8,18H2,1-3H3. The van der Waals surface area contributed by atoms with Gasteiger partial charge in [-0.25, -0.2) is 4.39 Å². The van der Waals surface area contributed by atoms with Crippen LogP contribution in [0.2, 0.25) is 5.02 Å². The van der Waals surface area contributed by atoms with Gasteiger partial charge in [0.05, 0.1) is 10.6 Å². The highest BCUT2D eigenvalue weighted by Gasteiger charge is 2.36. The average molecular weight is 299 g/mol. The Labute approximate surface area is 123 Å². The smallest absolute Gasteiger partial charge is 0.255 e. The van der Waals surface area contributed by atoms with Gasteiger partial charge < -0.3 is 10.6 Å². The number of likely N-dealkylation sites (tertiary alicyclic amines) is 1. The Morgan fingerprint density at radius 2 is 2.15 bits per heavy atom. The average Bonchev–Trinajstić information content (AvgIpc) is 2.36. The third kappa shape index (κ3) is 2.81. The Hall–Kier alpha value is -1.13. The first-order valence-corrected chi connectivity index (χ1v) is 7.10. The minimum absolute atomic E-state index is 0.0805. The third-order valence-corrected chi connectivity index (χ3v) is 4.39. The van der Waals surface area contributed by atoms with Crippen LogP contribution >= 0.6 is 11.6 Å². The van der Waals surface area contributed by atoms with Gasteiger partial charge in [0.2, 0.25) is 0 Å². The predicted molar refractivity (Wildman–Crippen MR) is 78.4 cm³/mol. The maximum absolute atomic E-state index is 13.4. The molecule has 5 heteroatoms. The number of amides is 1. The van der Waals surface area contributed by atoms with Crippen molar-refractivity contribution in [1.82, 2.24) is 4.90 Å². The summed E-state index contributed by atoms with van der Waals surface area (Å²) in [6.45, 7) is 6.91. The number of hydrogen-bond donors (Lipinski definition) is 1. The summed E-state index contributed by atoms with van der Waals surface area (Å²) in [5, 5.41) is 0.158. The van der Waals surface area contributed by atoms with Crippen molar-refractivity contribution in [2.75, 3.05) is 13.1 Å². The quantitative estimate of drug-likeness (QED) is 0.866. The minimum Gasteiger partial charge on any atom is -0.338 e. The number of nitrogens with zero attached hydrogens (tertiary/aromatic N) is 1. The van der Waals surface area contributed by atoms with Crippen molar-refractivity contribution in [3.8, 4) is 0 Å². The molecular weight excluding hydrogens is 279 g/mol. The highest BCUT2D eigenvalue weighted by molar-refractivity contribution is 6.33.